The van der Waals surface area contributed by atoms with Gasteiger partial charge >= 0.3 is 0 Å². The molecular weight excluding hydrogens is 206 g/mol. The number of benzene rings is 1. The van der Waals surface area contributed by atoms with E-state index in [4.69, 9.17) is 11.6 Å². The number of halogens is 1. The van der Waals surface area contributed by atoms with E-state index in [0.29, 0.717) is 5.41 Å². The molecule has 1 nitrogen and oxygen atoms in total. The second-order valence-corrected chi connectivity index (χ2v) is 5.32. The van der Waals surface area contributed by atoms with E-state index in [1.807, 2.05) is 0 Å². The number of nitrogens with zero attached hydrogens (tertiary/aromatic N) is 1. The zero-order chi connectivity index (χ0) is 10.3. The van der Waals surface area contributed by atoms with E-state index in [-0.39, 0.29) is 5.50 Å². The Kier molecular flexibility index (Phi) is 2.26. The molecule has 2 heteroatoms. The molecule has 0 spiro atoms. The van der Waals surface area contributed by atoms with Crippen molar-refractivity contribution in [2.75, 3.05) is 13.1 Å². The maximum atomic E-state index is 6.38. The molecule has 0 amide bonds. The molecule has 3 aliphatic rings. The molecule has 3 aliphatic heterocycles. The van der Waals surface area contributed by atoms with Gasteiger partial charge in [-0.25, -0.2) is 0 Å². The normalized spacial score (nSPS) is 39.3. The van der Waals surface area contributed by atoms with Gasteiger partial charge in [-0.3, -0.25) is 4.90 Å². The maximum Gasteiger partial charge on any atom is 0.0858 e. The van der Waals surface area contributed by atoms with Crippen LogP contribution in [0, 0.1) is 0 Å². The molecule has 4 rings (SSSR count). The van der Waals surface area contributed by atoms with Gasteiger partial charge in [-0.2, -0.15) is 0 Å². The minimum Gasteiger partial charge on any atom is -0.287 e. The number of hydrogen-bond donors (Lipinski definition) is 0. The first kappa shape index (κ1) is 9.68. The average molecular weight is 222 g/mol. The van der Waals surface area contributed by atoms with Crippen molar-refractivity contribution in [3.63, 3.8) is 0 Å². The van der Waals surface area contributed by atoms with Crippen molar-refractivity contribution >= 4 is 11.6 Å². The summed E-state index contributed by atoms with van der Waals surface area (Å²) in [5.41, 5.74) is 2.13. The lowest BCUT2D eigenvalue weighted by Gasteiger charge is -2.51. The number of rotatable bonds is 1. The highest BCUT2D eigenvalue weighted by Crippen LogP contribution is 2.46. The van der Waals surface area contributed by atoms with Gasteiger partial charge < -0.3 is 0 Å². The number of piperidine rings is 3. The third kappa shape index (κ3) is 1.49. The SMILES string of the molecule is ClC1CC2(c3ccccc3)CCN1CC2. The minimum atomic E-state index is 0.257. The predicted octanol–water partition coefficient (Wildman–Crippen LogP) is 2.99. The molecule has 0 aromatic heterocycles. The molecule has 3 fully saturated rings. The molecule has 80 valence electrons. The number of fused-ring (bicyclic) bond motifs is 3. The first-order chi connectivity index (χ1) is 7.30. The Labute approximate surface area is 96.0 Å². The Bertz CT molecular complexity index is 341. The lowest BCUT2D eigenvalue weighted by molar-refractivity contribution is 0.0622. The summed E-state index contributed by atoms with van der Waals surface area (Å²) in [6.45, 7) is 2.34. The molecular formula is C13H16ClN. The third-order valence-corrected chi connectivity index (χ3v) is 4.53. The van der Waals surface area contributed by atoms with Crippen LogP contribution in [0.3, 0.4) is 0 Å². The molecule has 1 aromatic carbocycles. The Hall–Kier alpha value is -0.530. The molecule has 0 saturated carbocycles. The fraction of sp³-hybridized carbons (Fsp3) is 0.538. The summed E-state index contributed by atoms with van der Waals surface area (Å²) in [5, 5.41) is 0. The molecule has 0 N–H and O–H groups in total. The Morgan fingerprint density at radius 1 is 1.13 bits per heavy atom. The summed E-state index contributed by atoms with van der Waals surface area (Å²) in [6, 6.07) is 10.9. The summed E-state index contributed by atoms with van der Waals surface area (Å²) in [7, 11) is 0. The van der Waals surface area contributed by atoms with Crippen molar-refractivity contribution in [2.24, 2.45) is 0 Å². The molecule has 1 aromatic rings. The average Bonchev–Trinajstić information content (AvgIpc) is 2.31. The van der Waals surface area contributed by atoms with Crippen LogP contribution in [0.5, 0.6) is 0 Å². The van der Waals surface area contributed by atoms with Gasteiger partial charge in [-0.05, 0) is 24.8 Å². The van der Waals surface area contributed by atoms with Gasteiger partial charge in [0.15, 0.2) is 0 Å². The van der Waals surface area contributed by atoms with Crippen molar-refractivity contribution in [2.45, 2.75) is 30.2 Å². The fourth-order valence-corrected chi connectivity index (χ4v) is 3.58. The van der Waals surface area contributed by atoms with Gasteiger partial charge in [0.1, 0.15) is 0 Å². The molecule has 3 saturated heterocycles. The zero-order valence-corrected chi connectivity index (χ0v) is 9.58. The van der Waals surface area contributed by atoms with Gasteiger partial charge in [0, 0.05) is 18.5 Å². The van der Waals surface area contributed by atoms with Crippen molar-refractivity contribution < 1.29 is 0 Å². The van der Waals surface area contributed by atoms with Gasteiger partial charge in [0.2, 0.25) is 0 Å². The molecule has 15 heavy (non-hydrogen) atoms. The summed E-state index contributed by atoms with van der Waals surface area (Å²) < 4.78 is 0. The molecule has 0 radical (unpaired) electrons. The monoisotopic (exact) mass is 221 g/mol. The lowest BCUT2D eigenvalue weighted by atomic mass is 9.67. The topological polar surface area (TPSA) is 3.24 Å². The summed E-state index contributed by atoms with van der Waals surface area (Å²) in [6.07, 6.45) is 3.68. The van der Waals surface area contributed by atoms with Crippen LogP contribution < -0.4 is 0 Å². The molecule has 0 aliphatic carbocycles. The van der Waals surface area contributed by atoms with Crippen LogP contribution >= 0.6 is 11.6 Å². The van der Waals surface area contributed by atoms with Gasteiger partial charge in [-0.1, -0.05) is 30.3 Å². The van der Waals surface area contributed by atoms with Crippen LogP contribution in [0.4, 0.5) is 0 Å². The second kappa shape index (κ2) is 3.50. The summed E-state index contributed by atoms with van der Waals surface area (Å²) >= 11 is 6.38. The van der Waals surface area contributed by atoms with E-state index in [1.165, 1.54) is 31.5 Å². The molecule has 1 unspecified atom stereocenters. The van der Waals surface area contributed by atoms with Crippen molar-refractivity contribution in [3.8, 4) is 0 Å². The Balaban J connectivity index is 1.96. The number of alkyl halides is 1. The first-order valence-corrected chi connectivity index (χ1v) is 6.17. The quantitative estimate of drug-likeness (QED) is 0.521. The highest BCUT2D eigenvalue weighted by molar-refractivity contribution is 6.20. The molecule has 2 bridgehead atoms. The first-order valence-electron chi connectivity index (χ1n) is 5.74. The summed E-state index contributed by atoms with van der Waals surface area (Å²) in [4.78, 5) is 2.41. The van der Waals surface area contributed by atoms with Crippen LogP contribution in [0.25, 0.3) is 0 Å². The zero-order valence-electron chi connectivity index (χ0n) is 8.82. The van der Waals surface area contributed by atoms with Crippen LogP contribution in [0.15, 0.2) is 30.3 Å². The van der Waals surface area contributed by atoms with Gasteiger partial charge in [0.25, 0.3) is 0 Å². The van der Waals surface area contributed by atoms with Gasteiger partial charge in [-0.15, -0.1) is 11.6 Å². The number of hydrogen-bond acceptors (Lipinski definition) is 1. The highest BCUT2D eigenvalue weighted by Gasteiger charge is 2.44. The third-order valence-electron chi connectivity index (χ3n) is 4.10. The van der Waals surface area contributed by atoms with E-state index in [1.54, 1.807) is 0 Å². The van der Waals surface area contributed by atoms with Crippen molar-refractivity contribution in [3.05, 3.63) is 35.9 Å². The Morgan fingerprint density at radius 3 is 2.40 bits per heavy atom. The van der Waals surface area contributed by atoms with Gasteiger partial charge in [0.05, 0.1) is 5.50 Å². The molecule has 3 heterocycles. The lowest BCUT2D eigenvalue weighted by Crippen LogP contribution is -2.54. The van der Waals surface area contributed by atoms with E-state index in [0.717, 1.165) is 6.42 Å². The van der Waals surface area contributed by atoms with Crippen molar-refractivity contribution in [1.82, 2.24) is 4.90 Å². The minimum absolute atomic E-state index is 0.257. The van der Waals surface area contributed by atoms with Crippen LogP contribution in [0.1, 0.15) is 24.8 Å². The van der Waals surface area contributed by atoms with Crippen LogP contribution in [-0.4, -0.2) is 23.5 Å². The maximum absolute atomic E-state index is 6.38. The van der Waals surface area contributed by atoms with E-state index in [2.05, 4.69) is 35.2 Å². The van der Waals surface area contributed by atoms with E-state index in [9.17, 15) is 0 Å². The van der Waals surface area contributed by atoms with Crippen molar-refractivity contribution in [1.29, 1.82) is 0 Å². The fourth-order valence-electron chi connectivity index (χ4n) is 3.09. The predicted molar refractivity (Wildman–Crippen MR) is 63.2 cm³/mol. The second-order valence-electron chi connectivity index (χ2n) is 4.82. The van der Waals surface area contributed by atoms with Crippen LogP contribution in [-0.2, 0) is 5.41 Å². The molecule has 1 atom stereocenters. The smallest absolute Gasteiger partial charge is 0.0858 e. The van der Waals surface area contributed by atoms with Crippen LogP contribution in [0.2, 0.25) is 0 Å². The van der Waals surface area contributed by atoms with E-state index < -0.39 is 0 Å². The largest absolute Gasteiger partial charge is 0.287 e. The highest BCUT2D eigenvalue weighted by atomic mass is 35.5. The standard InChI is InChI=1S/C13H16ClN/c14-12-10-13(6-8-15(12)9-7-13)11-4-2-1-3-5-11/h1-5,12H,6-10H2. The Morgan fingerprint density at radius 2 is 1.80 bits per heavy atom. The van der Waals surface area contributed by atoms with E-state index >= 15 is 0 Å². The summed E-state index contributed by atoms with van der Waals surface area (Å²) in [5.74, 6) is 0.